The SMILES string of the molecule is COCCN1C=C(C(=O)NCc2nc3ccccc3s2)C2C1=CC=CC2Cl. The molecule has 140 valence electrons. The number of methoxy groups -OCH3 is 1. The standard InChI is InChI=1S/C20H20ClN3O2S/c1-26-10-9-24-12-13(19-14(21)5-4-7-16(19)24)20(25)22-11-18-23-15-6-2-3-8-17(15)27-18/h2-8,12,14,19H,9-11H2,1H3,(H,22,25). The number of thiazole rings is 1. The van der Waals surface area contributed by atoms with Gasteiger partial charge in [-0.1, -0.05) is 24.3 Å². The summed E-state index contributed by atoms with van der Waals surface area (Å²) in [6.45, 7) is 1.67. The number of fused-ring (bicyclic) bond motifs is 2. The number of ether oxygens (including phenoxy) is 1. The summed E-state index contributed by atoms with van der Waals surface area (Å²) in [5, 5.41) is 3.66. The predicted molar refractivity (Wildman–Crippen MR) is 108 cm³/mol. The van der Waals surface area contributed by atoms with Crippen molar-refractivity contribution < 1.29 is 9.53 Å². The van der Waals surface area contributed by atoms with Crippen molar-refractivity contribution in [3.05, 3.63) is 65.0 Å². The Morgan fingerprint density at radius 2 is 2.26 bits per heavy atom. The number of halogens is 1. The minimum absolute atomic E-state index is 0.106. The third-order valence-corrected chi connectivity index (χ3v) is 6.13. The number of nitrogens with one attached hydrogen (secondary N) is 1. The van der Waals surface area contributed by atoms with Crippen LogP contribution in [-0.4, -0.2) is 41.4 Å². The number of benzene rings is 1. The molecule has 2 aromatic rings. The Morgan fingerprint density at radius 1 is 1.41 bits per heavy atom. The number of rotatable bonds is 6. The summed E-state index contributed by atoms with van der Waals surface area (Å²) in [5.41, 5.74) is 2.68. The molecule has 2 heterocycles. The van der Waals surface area contributed by atoms with Gasteiger partial charge in [0.05, 0.1) is 34.7 Å². The molecule has 1 aromatic heterocycles. The van der Waals surface area contributed by atoms with Crippen molar-refractivity contribution in [2.75, 3.05) is 20.3 Å². The molecule has 1 amide bonds. The maximum absolute atomic E-state index is 12.9. The summed E-state index contributed by atoms with van der Waals surface area (Å²) < 4.78 is 6.30. The van der Waals surface area contributed by atoms with Crippen LogP contribution >= 0.6 is 22.9 Å². The Kier molecular flexibility index (Phi) is 5.29. The van der Waals surface area contributed by atoms with E-state index in [1.807, 2.05) is 48.7 Å². The number of hydrogen-bond donors (Lipinski definition) is 1. The maximum atomic E-state index is 12.9. The summed E-state index contributed by atoms with van der Waals surface area (Å²) in [4.78, 5) is 19.5. The van der Waals surface area contributed by atoms with E-state index >= 15 is 0 Å². The van der Waals surface area contributed by atoms with E-state index in [0.717, 1.165) is 20.9 Å². The zero-order valence-corrected chi connectivity index (χ0v) is 16.5. The largest absolute Gasteiger partial charge is 0.383 e. The van der Waals surface area contributed by atoms with E-state index in [1.165, 1.54) is 0 Å². The number of carbonyl (C=O) groups is 1. The lowest BCUT2D eigenvalue weighted by Crippen LogP contribution is -2.31. The lowest BCUT2D eigenvalue weighted by Gasteiger charge is -2.26. The van der Waals surface area contributed by atoms with Gasteiger partial charge in [0.2, 0.25) is 5.91 Å². The van der Waals surface area contributed by atoms with Gasteiger partial charge in [0, 0.05) is 31.1 Å². The lowest BCUT2D eigenvalue weighted by molar-refractivity contribution is -0.118. The smallest absolute Gasteiger partial charge is 0.249 e. The summed E-state index contributed by atoms with van der Waals surface area (Å²) in [6.07, 6.45) is 7.78. The van der Waals surface area contributed by atoms with E-state index in [1.54, 1.807) is 18.4 Å². The third kappa shape index (κ3) is 3.65. The average Bonchev–Trinajstić information content (AvgIpc) is 3.26. The molecule has 2 aliphatic rings. The van der Waals surface area contributed by atoms with Crippen molar-refractivity contribution in [3.8, 4) is 0 Å². The molecule has 1 aliphatic heterocycles. The molecule has 0 saturated heterocycles. The Bertz CT molecular complexity index is 917. The molecule has 4 rings (SSSR count). The highest BCUT2D eigenvalue weighted by Crippen LogP contribution is 2.39. The minimum atomic E-state index is -0.239. The Hall–Kier alpha value is -2.15. The summed E-state index contributed by atoms with van der Waals surface area (Å²) in [7, 11) is 1.67. The molecule has 0 radical (unpaired) electrons. The lowest BCUT2D eigenvalue weighted by atomic mass is 9.91. The van der Waals surface area contributed by atoms with Crippen LogP contribution < -0.4 is 5.32 Å². The predicted octanol–water partition coefficient (Wildman–Crippen LogP) is 3.44. The zero-order chi connectivity index (χ0) is 18.8. The highest BCUT2D eigenvalue weighted by atomic mass is 35.5. The first kappa shape index (κ1) is 18.2. The summed E-state index contributed by atoms with van der Waals surface area (Å²) in [5.74, 6) is -0.241. The fraction of sp³-hybridized carbons (Fsp3) is 0.300. The van der Waals surface area contributed by atoms with Gasteiger partial charge in [-0.2, -0.15) is 0 Å². The van der Waals surface area contributed by atoms with Crippen LogP contribution in [0, 0.1) is 5.92 Å². The van der Waals surface area contributed by atoms with Gasteiger partial charge in [-0.25, -0.2) is 4.98 Å². The molecular formula is C20H20ClN3O2S. The van der Waals surface area contributed by atoms with Crippen molar-refractivity contribution in [1.82, 2.24) is 15.2 Å². The van der Waals surface area contributed by atoms with Gasteiger partial charge in [0.25, 0.3) is 0 Å². The van der Waals surface area contributed by atoms with E-state index < -0.39 is 0 Å². The summed E-state index contributed by atoms with van der Waals surface area (Å²) >= 11 is 8.11. The highest BCUT2D eigenvalue weighted by Gasteiger charge is 2.38. The van der Waals surface area contributed by atoms with Crippen LogP contribution in [0.25, 0.3) is 10.2 Å². The second-order valence-electron chi connectivity index (χ2n) is 6.43. The van der Waals surface area contributed by atoms with Crippen LogP contribution in [0.5, 0.6) is 0 Å². The second-order valence-corrected chi connectivity index (χ2v) is 8.05. The maximum Gasteiger partial charge on any atom is 0.249 e. The molecule has 0 bridgehead atoms. The van der Waals surface area contributed by atoms with Gasteiger partial charge < -0.3 is 15.0 Å². The fourth-order valence-electron chi connectivity index (χ4n) is 3.40. The molecule has 7 heteroatoms. The number of carbonyl (C=O) groups excluding carboxylic acids is 1. The number of amides is 1. The number of hydrogen-bond acceptors (Lipinski definition) is 5. The van der Waals surface area contributed by atoms with E-state index in [2.05, 4.69) is 15.2 Å². The Labute approximate surface area is 167 Å². The van der Waals surface area contributed by atoms with Crippen molar-refractivity contribution in [2.24, 2.45) is 5.92 Å². The fourth-order valence-corrected chi connectivity index (χ4v) is 4.66. The number of para-hydroxylation sites is 1. The van der Waals surface area contributed by atoms with Gasteiger partial charge >= 0.3 is 0 Å². The molecule has 5 nitrogen and oxygen atoms in total. The van der Waals surface area contributed by atoms with Gasteiger partial charge in [-0.15, -0.1) is 22.9 Å². The van der Waals surface area contributed by atoms with E-state index in [4.69, 9.17) is 16.3 Å². The van der Waals surface area contributed by atoms with Gasteiger partial charge in [0.15, 0.2) is 0 Å². The van der Waals surface area contributed by atoms with E-state index in [9.17, 15) is 4.79 Å². The molecule has 1 aliphatic carbocycles. The molecule has 0 spiro atoms. The average molecular weight is 402 g/mol. The first-order valence-electron chi connectivity index (χ1n) is 8.80. The minimum Gasteiger partial charge on any atom is -0.383 e. The normalized spacial score (nSPS) is 21.2. The molecular weight excluding hydrogens is 382 g/mol. The Morgan fingerprint density at radius 3 is 3.07 bits per heavy atom. The van der Waals surface area contributed by atoms with Crippen LogP contribution in [-0.2, 0) is 16.1 Å². The summed E-state index contributed by atoms with van der Waals surface area (Å²) in [6, 6.07) is 7.97. The van der Waals surface area contributed by atoms with E-state index in [0.29, 0.717) is 25.3 Å². The van der Waals surface area contributed by atoms with Crippen LogP contribution in [0.1, 0.15) is 5.01 Å². The van der Waals surface area contributed by atoms with Crippen LogP contribution in [0.15, 0.2) is 60.0 Å². The van der Waals surface area contributed by atoms with Crippen molar-refractivity contribution in [1.29, 1.82) is 0 Å². The van der Waals surface area contributed by atoms with Crippen molar-refractivity contribution in [3.63, 3.8) is 0 Å². The molecule has 2 unspecified atom stereocenters. The van der Waals surface area contributed by atoms with Crippen LogP contribution in [0.3, 0.4) is 0 Å². The second kappa shape index (κ2) is 7.84. The first-order chi connectivity index (χ1) is 13.2. The molecule has 0 saturated carbocycles. The molecule has 1 N–H and O–H groups in total. The van der Waals surface area contributed by atoms with Gasteiger partial charge in [0.1, 0.15) is 5.01 Å². The monoisotopic (exact) mass is 401 g/mol. The first-order valence-corrected chi connectivity index (χ1v) is 10.0. The van der Waals surface area contributed by atoms with Gasteiger partial charge in [-0.3, -0.25) is 4.79 Å². The number of allylic oxidation sites excluding steroid dienone is 4. The number of alkyl halides is 1. The highest BCUT2D eigenvalue weighted by molar-refractivity contribution is 7.18. The van der Waals surface area contributed by atoms with Crippen LogP contribution in [0.4, 0.5) is 0 Å². The number of aromatic nitrogens is 1. The third-order valence-electron chi connectivity index (χ3n) is 4.70. The van der Waals surface area contributed by atoms with Crippen molar-refractivity contribution >= 4 is 39.1 Å². The molecule has 2 atom stereocenters. The Balaban J connectivity index is 1.49. The topological polar surface area (TPSA) is 54.5 Å². The van der Waals surface area contributed by atoms with Crippen LogP contribution in [0.2, 0.25) is 0 Å². The molecule has 1 aromatic carbocycles. The van der Waals surface area contributed by atoms with Crippen molar-refractivity contribution in [2.45, 2.75) is 11.9 Å². The van der Waals surface area contributed by atoms with Gasteiger partial charge in [-0.05, 0) is 18.2 Å². The number of nitrogens with zero attached hydrogens (tertiary/aromatic N) is 2. The molecule has 0 fully saturated rings. The molecule has 27 heavy (non-hydrogen) atoms. The zero-order valence-electron chi connectivity index (χ0n) is 14.9. The van der Waals surface area contributed by atoms with E-state index in [-0.39, 0.29) is 17.2 Å². The quantitative estimate of drug-likeness (QED) is 0.753.